The summed E-state index contributed by atoms with van der Waals surface area (Å²) in [6, 6.07) is 13.8. The van der Waals surface area contributed by atoms with Gasteiger partial charge in [0.05, 0.1) is 0 Å². The van der Waals surface area contributed by atoms with Crippen LogP contribution >= 0.6 is 0 Å². The maximum absolute atomic E-state index is 9.12. The fraction of sp³-hybridized carbons (Fsp3) is 0. The Morgan fingerprint density at radius 3 is 1.88 bits per heavy atom. The Hall–Kier alpha value is -2.54. The normalized spacial score (nSPS) is 9.44. The average Bonchev–Trinajstić information content (AvgIpc) is 2.33. The van der Waals surface area contributed by atoms with Crippen molar-refractivity contribution in [3.63, 3.8) is 0 Å². The summed E-state index contributed by atoms with van der Waals surface area (Å²) in [5, 5.41) is 20.8. The van der Waals surface area contributed by atoms with Crippen molar-refractivity contribution >= 4 is 17.1 Å². The third-order valence-corrected chi connectivity index (χ3v) is 2.14. The Morgan fingerprint density at radius 2 is 1.38 bits per heavy atom. The van der Waals surface area contributed by atoms with Gasteiger partial charge in [0.25, 0.3) is 0 Å². The number of aromatic hydroxyl groups is 1. The van der Waals surface area contributed by atoms with Crippen LogP contribution in [0.3, 0.4) is 0 Å². The second kappa shape index (κ2) is 4.32. The number of hydrogen-bond donors (Lipinski definition) is 2. The lowest BCUT2D eigenvalue weighted by molar-refractivity contribution is 0.475. The summed E-state index contributed by atoms with van der Waals surface area (Å²) in [5.74, 6) is 0.236. The van der Waals surface area contributed by atoms with Crippen LogP contribution in [-0.4, -0.2) is 5.11 Å². The van der Waals surface area contributed by atoms with Crippen molar-refractivity contribution in [3.8, 4) is 5.75 Å². The number of diazo groups is 1. The van der Waals surface area contributed by atoms with Crippen molar-refractivity contribution in [3.05, 3.63) is 53.5 Å². The van der Waals surface area contributed by atoms with Crippen molar-refractivity contribution in [2.24, 2.45) is 0 Å². The van der Waals surface area contributed by atoms with Crippen molar-refractivity contribution < 1.29 is 5.11 Å². The second-order valence-corrected chi connectivity index (χ2v) is 3.32. The molecule has 0 aromatic heterocycles. The zero-order valence-electron chi connectivity index (χ0n) is 8.46. The van der Waals surface area contributed by atoms with E-state index in [0.29, 0.717) is 5.69 Å². The fourth-order valence-electron chi connectivity index (χ4n) is 1.32. The molecule has 2 aromatic carbocycles. The van der Waals surface area contributed by atoms with E-state index < -0.39 is 0 Å². The van der Waals surface area contributed by atoms with Crippen LogP contribution in [0.25, 0.3) is 4.98 Å². The van der Waals surface area contributed by atoms with Crippen molar-refractivity contribution in [1.29, 1.82) is 5.39 Å². The summed E-state index contributed by atoms with van der Waals surface area (Å²) >= 11 is 0. The van der Waals surface area contributed by atoms with E-state index >= 15 is 0 Å². The zero-order valence-corrected chi connectivity index (χ0v) is 8.46. The van der Waals surface area contributed by atoms with Crippen LogP contribution in [0.5, 0.6) is 5.75 Å². The molecule has 0 aliphatic carbocycles. The molecule has 4 heteroatoms. The number of anilines is 2. The minimum atomic E-state index is 0.236. The summed E-state index contributed by atoms with van der Waals surface area (Å²) in [7, 11) is 0. The van der Waals surface area contributed by atoms with E-state index in [1.54, 1.807) is 36.4 Å². The molecule has 16 heavy (non-hydrogen) atoms. The zero-order chi connectivity index (χ0) is 11.4. The molecule has 2 rings (SSSR count). The van der Waals surface area contributed by atoms with E-state index in [0.717, 1.165) is 11.4 Å². The Labute approximate surface area is 92.8 Å². The molecule has 0 amide bonds. The molecular formula is C12H10N3O+. The van der Waals surface area contributed by atoms with Gasteiger partial charge in [0.1, 0.15) is 5.75 Å². The van der Waals surface area contributed by atoms with Crippen molar-refractivity contribution in [1.82, 2.24) is 0 Å². The molecule has 4 nitrogen and oxygen atoms in total. The Morgan fingerprint density at radius 1 is 0.875 bits per heavy atom. The number of phenolic OH excluding ortho intramolecular Hbond substituents is 1. The first-order valence-electron chi connectivity index (χ1n) is 4.79. The molecule has 0 fully saturated rings. The first kappa shape index (κ1) is 9.99. The van der Waals surface area contributed by atoms with E-state index in [4.69, 9.17) is 10.5 Å². The van der Waals surface area contributed by atoms with Crippen LogP contribution in [0, 0.1) is 5.39 Å². The number of nitrogens with zero attached hydrogens (tertiary/aromatic N) is 2. The highest BCUT2D eigenvalue weighted by atomic mass is 16.3. The number of hydrogen-bond acceptors (Lipinski definition) is 3. The summed E-state index contributed by atoms with van der Waals surface area (Å²) < 4.78 is 0. The maximum Gasteiger partial charge on any atom is 0.385 e. The van der Waals surface area contributed by atoms with Crippen LogP contribution in [0.4, 0.5) is 17.1 Å². The largest absolute Gasteiger partial charge is 0.508 e. The lowest BCUT2D eigenvalue weighted by atomic mass is 10.2. The van der Waals surface area contributed by atoms with Gasteiger partial charge >= 0.3 is 5.69 Å². The lowest BCUT2D eigenvalue weighted by Gasteiger charge is -2.04. The SMILES string of the molecule is N#[N+]c1ccc(Nc2ccc(O)cc2)cc1. The number of nitrogens with one attached hydrogen (secondary N) is 1. The highest BCUT2D eigenvalue weighted by Crippen LogP contribution is 2.21. The molecule has 2 N–H and O–H groups in total. The maximum atomic E-state index is 9.12. The molecule has 0 aliphatic rings. The third-order valence-electron chi connectivity index (χ3n) is 2.14. The first-order valence-corrected chi connectivity index (χ1v) is 4.79. The Balaban J connectivity index is 2.15. The molecule has 0 heterocycles. The van der Waals surface area contributed by atoms with Crippen molar-refractivity contribution in [2.45, 2.75) is 0 Å². The molecule has 78 valence electrons. The minimum Gasteiger partial charge on any atom is -0.508 e. The Kier molecular flexibility index (Phi) is 2.70. The average molecular weight is 212 g/mol. The topological polar surface area (TPSA) is 60.4 Å². The van der Waals surface area contributed by atoms with Crippen LogP contribution in [-0.2, 0) is 0 Å². The molecule has 0 bridgehead atoms. The van der Waals surface area contributed by atoms with Crippen LogP contribution in [0.2, 0.25) is 0 Å². The third kappa shape index (κ3) is 2.28. The van der Waals surface area contributed by atoms with E-state index in [-0.39, 0.29) is 5.75 Å². The smallest absolute Gasteiger partial charge is 0.385 e. The number of benzene rings is 2. The van der Waals surface area contributed by atoms with E-state index in [2.05, 4.69) is 10.3 Å². The first-order chi connectivity index (χ1) is 7.78. The standard InChI is InChI=1S/C12H9N3O/c13-15-11-3-1-9(2-4-11)14-10-5-7-12(16)8-6-10/h1-8,13H/p+1. The predicted molar refractivity (Wildman–Crippen MR) is 62.6 cm³/mol. The molecule has 2 aromatic rings. The van der Waals surface area contributed by atoms with Gasteiger partial charge in [0, 0.05) is 23.5 Å². The molecule has 0 unspecified atom stereocenters. The highest BCUT2D eigenvalue weighted by Gasteiger charge is 2.02. The fourth-order valence-corrected chi connectivity index (χ4v) is 1.32. The summed E-state index contributed by atoms with van der Waals surface area (Å²) in [6.07, 6.45) is 0. The highest BCUT2D eigenvalue weighted by molar-refractivity contribution is 5.62. The van der Waals surface area contributed by atoms with Gasteiger partial charge in [0.15, 0.2) is 4.98 Å². The molecule has 0 radical (unpaired) electrons. The van der Waals surface area contributed by atoms with E-state index in [9.17, 15) is 0 Å². The van der Waals surface area contributed by atoms with Gasteiger partial charge in [-0.1, -0.05) is 0 Å². The molecule has 0 spiro atoms. The minimum absolute atomic E-state index is 0.236. The monoisotopic (exact) mass is 212 g/mol. The summed E-state index contributed by atoms with van der Waals surface area (Å²) in [4.78, 5) is 3.07. The lowest BCUT2D eigenvalue weighted by Crippen LogP contribution is -1.88. The van der Waals surface area contributed by atoms with Gasteiger partial charge in [-0.3, -0.25) is 0 Å². The second-order valence-electron chi connectivity index (χ2n) is 3.32. The molecular weight excluding hydrogens is 202 g/mol. The summed E-state index contributed by atoms with van der Waals surface area (Å²) in [5.41, 5.74) is 2.28. The van der Waals surface area contributed by atoms with Crippen molar-refractivity contribution in [2.75, 3.05) is 5.32 Å². The van der Waals surface area contributed by atoms with E-state index in [1.165, 1.54) is 0 Å². The Bertz CT molecular complexity index is 511. The number of phenols is 1. The molecule has 0 saturated carbocycles. The molecule has 0 atom stereocenters. The van der Waals surface area contributed by atoms with Gasteiger partial charge in [-0.2, -0.15) is 0 Å². The summed E-state index contributed by atoms with van der Waals surface area (Å²) in [6.45, 7) is 0. The van der Waals surface area contributed by atoms with Crippen LogP contribution in [0.15, 0.2) is 48.5 Å². The number of rotatable bonds is 2. The van der Waals surface area contributed by atoms with Gasteiger partial charge < -0.3 is 10.4 Å². The van der Waals surface area contributed by atoms with Gasteiger partial charge in [-0.05, 0) is 36.4 Å². The quantitative estimate of drug-likeness (QED) is 0.590. The van der Waals surface area contributed by atoms with Gasteiger partial charge in [-0.25, -0.2) is 0 Å². The van der Waals surface area contributed by atoms with Gasteiger partial charge in [-0.15, -0.1) is 0 Å². The van der Waals surface area contributed by atoms with Crippen LogP contribution in [0.1, 0.15) is 0 Å². The van der Waals surface area contributed by atoms with E-state index in [1.807, 2.05) is 12.1 Å². The molecule has 0 saturated heterocycles. The van der Waals surface area contributed by atoms with Gasteiger partial charge in [0.2, 0.25) is 5.39 Å². The predicted octanol–water partition coefficient (Wildman–Crippen LogP) is 3.62. The van der Waals surface area contributed by atoms with Crippen LogP contribution < -0.4 is 5.32 Å². The molecule has 0 aliphatic heterocycles.